The van der Waals surface area contributed by atoms with E-state index in [2.05, 4.69) is 5.32 Å². The molecule has 43 heavy (non-hydrogen) atoms. The van der Waals surface area contributed by atoms with E-state index in [0.717, 1.165) is 44.3 Å². The molecular weight excluding hydrogens is 609 g/mol. The number of carbonyl (C=O) groups excluding carboxylic acids is 3. The lowest BCUT2D eigenvalue weighted by molar-refractivity contribution is -0.122. The Kier molecular flexibility index (Phi) is 6.92. The van der Waals surface area contributed by atoms with Gasteiger partial charge in [-0.05, 0) is 64.9 Å². The van der Waals surface area contributed by atoms with Gasteiger partial charge in [0.2, 0.25) is 17.7 Å². The Morgan fingerprint density at radius 2 is 1.60 bits per heavy atom. The van der Waals surface area contributed by atoms with Crippen molar-refractivity contribution in [3.05, 3.63) is 122 Å². The molecule has 0 spiro atoms. The molecule has 4 aromatic carbocycles. The molecule has 0 saturated carbocycles. The van der Waals surface area contributed by atoms with Gasteiger partial charge < -0.3 is 5.32 Å². The summed E-state index contributed by atoms with van der Waals surface area (Å²) < 4.78 is 15.0. The van der Waals surface area contributed by atoms with Crippen LogP contribution in [0.3, 0.4) is 0 Å². The van der Waals surface area contributed by atoms with Crippen LogP contribution in [0.15, 0.2) is 101 Å². The van der Waals surface area contributed by atoms with Crippen molar-refractivity contribution >= 4 is 74.6 Å². The topological polar surface area (TPSA) is 88.5 Å². The Hall–Kier alpha value is -4.25. The van der Waals surface area contributed by atoms with Crippen molar-refractivity contribution in [2.75, 3.05) is 10.2 Å². The lowest BCUT2D eigenvalue weighted by Gasteiger charge is -2.30. The number of rotatable bonds is 5. The van der Waals surface area contributed by atoms with Gasteiger partial charge in [0.05, 0.1) is 16.6 Å². The van der Waals surface area contributed by atoms with Gasteiger partial charge in [-0.2, -0.15) is 0 Å². The van der Waals surface area contributed by atoms with Crippen molar-refractivity contribution in [1.82, 2.24) is 4.57 Å². The molecule has 0 aliphatic carbocycles. The monoisotopic (exact) mass is 629 g/mol. The Labute approximate surface area is 257 Å². The molecule has 1 fully saturated rings. The van der Waals surface area contributed by atoms with Crippen LogP contribution in [0, 0.1) is 11.7 Å². The Morgan fingerprint density at radius 3 is 2.35 bits per heavy atom. The zero-order valence-electron chi connectivity index (χ0n) is 22.2. The van der Waals surface area contributed by atoms with Gasteiger partial charge in [-0.1, -0.05) is 77.2 Å². The highest BCUT2D eigenvalue weighted by atomic mass is 35.5. The average molecular weight is 630 g/mol. The van der Waals surface area contributed by atoms with Gasteiger partial charge >= 0.3 is 4.87 Å². The third-order valence-corrected chi connectivity index (χ3v) is 10.6. The fourth-order valence-electron chi connectivity index (χ4n) is 5.74. The number of amides is 3. The van der Waals surface area contributed by atoms with Crippen LogP contribution in [-0.2, 0) is 20.9 Å². The number of hydrogen-bond acceptors (Lipinski definition) is 6. The highest BCUT2D eigenvalue weighted by molar-refractivity contribution is 8.00. The predicted octanol–water partition coefficient (Wildman–Crippen LogP) is 6.29. The Balaban J connectivity index is 1.26. The first-order valence-electron chi connectivity index (χ1n) is 13.4. The maximum absolute atomic E-state index is 13.9. The highest BCUT2D eigenvalue weighted by Crippen LogP contribution is 2.54. The smallest absolute Gasteiger partial charge is 0.308 e. The molecule has 7 rings (SSSR count). The van der Waals surface area contributed by atoms with Gasteiger partial charge in [0.15, 0.2) is 0 Å². The summed E-state index contributed by atoms with van der Waals surface area (Å²) in [6.45, 7) is -0.265. The Morgan fingerprint density at radius 1 is 0.884 bits per heavy atom. The number of carbonyl (C=O) groups is 3. The van der Waals surface area contributed by atoms with E-state index in [1.54, 1.807) is 30.3 Å². The quantitative estimate of drug-likeness (QED) is 0.231. The second kappa shape index (κ2) is 10.8. The number of thioether (sulfide) groups is 1. The molecule has 7 nitrogen and oxygen atoms in total. The number of fused-ring (bicyclic) bond motifs is 3. The first-order chi connectivity index (χ1) is 20.8. The van der Waals surface area contributed by atoms with Crippen LogP contribution in [0.5, 0.6) is 0 Å². The summed E-state index contributed by atoms with van der Waals surface area (Å²) in [6.07, 6.45) is 0. The van der Waals surface area contributed by atoms with Crippen LogP contribution >= 0.6 is 34.7 Å². The van der Waals surface area contributed by atoms with Crippen molar-refractivity contribution in [1.29, 1.82) is 0 Å². The van der Waals surface area contributed by atoms with E-state index in [4.69, 9.17) is 11.6 Å². The molecule has 3 atom stereocenters. The first kappa shape index (κ1) is 27.6. The van der Waals surface area contributed by atoms with E-state index in [9.17, 15) is 23.6 Å². The Bertz CT molecular complexity index is 1990. The summed E-state index contributed by atoms with van der Waals surface area (Å²) in [6, 6.07) is 25.5. The molecule has 5 aromatic rings. The van der Waals surface area contributed by atoms with Crippen LogP contribution in [0.25, 0.3) is 10.8 Å². The molecule has 3 amide bonds. The van der Waals surface area contributed by atoms with Gasteiger partial charge in [0.25, 0.3) is 0 Å². The number of nitrogens with one attached hydrogen (secondary N) is 1. The zero-order chi connectivity index (χ0) is 29.8. The maximum atomic E-state index is 13.9. The average Bonchev–Trinajstić information content (AvgIpc) is 3.44. The summed E-state index contributed by atoms with van der Waals surface area (Å²) in [5.41, 5.74) is 1.59. The van der Waals surface area contributed by atoms with E-state index < -0.39 is 40.6 Å². The summed E-state index contributed by atoms with van der Waals surface area (Å²) in [7, 11) is 0. The van der Waals surface area contributed by atoms with E-state index >= 15 is 0 Å². The van der Waals surface area contributed by atoms with Crippen molar-refractivity contribution < 1.29 is 18.8 Å². The number of imide groups is 1. The van der Waals surface area contributed by atoms with Crippen molar-refractivity contribution in [3.8, 4) is 0 Å². The minimum absolute atomic E-state index is 0.265. The molecule has 214 valence electrons. The zero-order valence-corrected chi connectivity index (χ0v) is 24.6. The fraction of sp³-hybridized carbons (Fsp3) is 0.125. The summed E-state index contributed by atoms with van der Waals surface area (Å²) in [5, 5.41) is 5.00. The number of thiazole rings is 1. The van der Waals surface area contributed by atoms with Crippen LogP contribution < -0.4 is 15.1 Å². The normalized spacial score (nSPS) is 19.4. The molecule has 0 bridgehead atoms. The van der Waals surface area contributed by atoms with E-state index in [-0.39, 0.29) is 17.1 Å². The lowest BCUT2D eigenvalue weighted by atomic mass is 9.83. The molecule has 2 aliphatic rings. The number of hydrogen-bond donors (Lipinski definition) is 1. The standard InChI is InChI=1S/C32H21ClFN3O4S2/c33-20-8-5-18(6-9-20)25-26-27(30(40)37(29(26)39)23-13-10-21(34)11-14-23)42-31-28(25)43-32(41)36(31)16-24(38)35-22-12-7-17-3-1-2-4-19(17)15-22/h1-15,25-27H,16H2,(H,35,38)/t25-,26-,27+/m0/s1. The second-order valence-electron chi connectivity index (χ2n) is 10.3. The summed E-state index contributed by atoms with van der Waals surface area (Å²) >= 11 is 8.24. The van der Waals surface area contributed by atoms with Crippen molar-refractivity contribution in [3.63, 3.8) is 0 Å². The number of aromatic nitrogens is 1. The molecule has 1 aromatic heterocycles. The number of benzene rings is 4. The summed E-state index contributed by atoms with van der Waals surface area (Å²) in [5.74, 6) is -3.20. The van der Waals surface area contributed by atoms with Crippen molar-refractivity contribution in [2.24, 2.45) is 5.92 Å². The number of halogens is 2. The summed E-state index contributed by atoms with van der Waals surface area (Å²) in [4.78, 5) is 55.6. The van der Waals surface area contributed by atoms with Gasteiger partial charge in [0.1, 0.15) is 17.6 Å². The van der Waals surface area contributed by atoms with Gasteiger partial charge in [-0.25, -0.2) is 9.29 Å². The van der Waals surface area contributed by atoms with Gasteiger partial charge in [0, 0.05) is 21.5 Å². The van der Waals surface area contributed by atoms with Crippen LogP contribution in [0.4, 0.5) is 15.8 Å². The fourth-order valence-corrected chi connectivity index (χ4v) is 8.64. The third kappa shape index (κ3) is 4.85. The minimum atomic E-state index is -0.852. The van der Waals surface area contributed by atoms with E-state index in [1.807, 2.05) is 36.4 Å². The van der Waals surface area contributed by atoms with Gasteiger partial charge in [-0.15, -0.1) is 0 Å². The molecular formula is C32H21ClFN3O4S2. The second-order valence-corrected chi connectivity index (χ2v) is 12.9. The van der Waals surface area contributed by atoms with Crippen LogP contribution in [-0.4, -0.2) is 27.5 Å². The number of anilines is 2. The van der Waals surface area contributed by atoms with E-state index in [1.165, 1.54) is 28.8 Å². The maximum Gasteiger partial charge on any atom is 0.308 e. The van der Waals surface area contributed by atoms with E-state index in [0.29, 0.717) is 20.6 Å². The van der Waals surface area contributed by atoms with Crippen molar-refractivity contribution in [2.45, 2.75) is 22.7 Å². The van der Waals surface area contributed by atoms with Crippen LogP contribution in [0.2, 0.25) is 5.02 Å². The molecule has 0 unspecified atom stereocenters. The molecule has 0 radical (unpaired) electrons. The SMILES string of the molecule is O=C(Cn1c2c(sc1=O)[C@@H](c1ccc(Cl)cc1)[C@@H]1C(=O)N(c3ccc(F)cc3)C(=O)[C@@H]1S2)Nc1ccc2ccccc2c1. The highest BCUT2D eigenvalue weighted by Gasteiger charge is 2.56. The first-order valence-corrected chi connectivity index (χ1v) is 15.4. The van der Waals surface area contributed by atoms with Gasteiger partial charge in [-0.3, -0.25) is 23.7 Å². The minimum Gasteiger partial charge on any atom is -0.325 e. The predicted molar refractivity (Wildman–Crippen MR) is 166 cm³/mol. The number of nitrogens with zero attached hydrogens (tertiary/aromatic N) is 2. The lowest BCUT2D eigenvalue weighted by Crippen LogP contribution is -2.33. The molecule has 2 aliphatic heterocycles. The molecule has 3 heterocycles. The molecule has 11 heteroatoms. The van der Waals surface area contributed by atoms with Crippen LogP contribution in [0.1, 0.15) is 16.4 Å². The third-order valence-electron chi connectivity index (χ3n) is 7.70. The molecule has 1 saturated heterocycles. The largest absolute Gasteiger partial charge is 0.325 e. The molecule has 1 N–H and O–H groups in total.